The zero-order valence-corrected chi connectivity index (χ0v) is 10.4. The van der Waals surface area contributed by atoms with Crippen molar-refractivity contribution in [3.05, 3.63) is 35.6 Å². The Balaban J connectivity index is 1.59. The van der Waals surface area contributed by atoms with Gasteiger partial charge in [-0.25, -0.2) is 4.39 Å². The summed E-state index contributed by atoms with van der Waals surface area (Å²) in [5, 5.41) is 5.91. The summed E-state index contributed by atoms with van der Waals surface area (Å²) < 4.78 is 13.3. The lowest BCUT2D eigenvalue weighted by Crippen LogP contribution is -2.35. The Morgan fingerprint density at radius 2 is 2.11 bits per heavy atom. The molecule has 1 aromatic carbocycles. The number of amides is 1. The first-order valence-electron chi connectivity index (χ1n) is 6.46. The quantitative estimate of drug-likeness (QED) is 0.769. The van der Waals surface area contributed by atoms with Crippen LogP contribution in [0.15, 0.2) is 24.3 Å². The minimum Gasteiger partial charge on any atom is -0.355 e. The first-order valence-corrected chi connectivity index (χ1v) is 6.46. The summed E-state index contributed by atoms with van der Waals surface area (Å²) in [5.74, 6) is 0.543. The summed E-state index contributed by atoms with van der Waals surface area (Å²) in [7, 11) is 0. The van der Waals surface area contributed by atoms with Crippen LogP contribution in [0.2, 0.25) is 0 Å². The van der Waals surface area contributed by atoms with Gasteiger partial charge in [-0.2, -0.15) is 0 Å². The fourth-order valence-corrected chi connectivity index (χ4v) is 1.81. The van der Waals surface area contributed by atoms with Crippen LogP contribution < -0.4 is 10.6 Å². The average Bonchev–Trinajstić information content (AvgIpc) is 3.16. The predicted molar refractivity (Wildman–Crippen MR) is 68.7 cm³/mol. The van der Waals surface area contributed by atoms with E-state index in [9.17, 15) is 9.18 Å². The Bertz CT molecular complexity index is 405. The number of nitrogens with one attached hydrogen (secondary N) is 2. The third-order valence-electron chi connectivity index (χ3n) is 3.09. The molecule has 0 heterocycles. The molecule has 1 saturated carbocycles. The maximum atomic E-state index is 13.3. The number of halogens is 1. The van der Waals surface area contributed by atoms with Gasteiger partial charge in [0.2, 0.25) is 5.91 Å². The minimum absolute atomic E-state index is 0.0213. The molecule has 1 aromatic rings. The highest BCUT2D eigenvalue weighted by molar-refractivity contribution is 5.77. The second-order valence-electron chi connectivity index (χ2n) is 4.77. The van der Waals surface area contributed by atoms with Gasteiger partial charge in [0.05, 0.1) is 6.54 Å². The van der Waals surface area contributed by atoms with Crippen LogP contribution >= 0.6 is 0 Å². The maximum absolute atomic E-state index is 13.3. The van der Waals surface area contributed by atoms with Crippen molar-refractivity contribution in [2.45, 2.75) is 19.3 Å². The van der Waals surface area contributed by atoms with Gasteiger partial charge in [-0.3, -0.25) is 4.79 Å². The number of carbonyl (C=O) groups is 1. The van der Waals surface area contributed by atoms with Crippen LogP contribution in [0.4, 0.5) is 4.39 Å². The zero-order valence-electron chi connectivity index (χ0n) is 10.4. The van der Waals surface area contributed by atoms with Crippen molar-refractivity contribution in [3.63, 3.8) is 0 Å². The van der Waals surface area contributed by atoms with Gasteiger partial charge in [-0.15, -0.1) is 0 Å². The smallest absolute Gasteiger partial charge is 0.233 e. The van der Waals surface area contributed by atoms with Crippen LogP contribution in [0.25, 0.3) is 0 Å². The SMILES string of the molecule is O=C(CNCC1CC1)NCCc1ccccc1F. The highest BCUT2D eigenvalue weighted by Crippen LogP contribution is 2.27. The van der Waals surface area contributed by atoms with Gasteiger partial charge in [0, 0.05) is 6.54 Å². The van der Waals surface area contributed by atoms with E-state index in [2.05, 4.69) is 10.6 Å². The Morgan fingerprint density at radius 3 is 2.83 bits per heavy atom. The lowest BCUT2D eigenvalue weighted by molar-refractivity contribution is -0.120. The predicted octanol–water partition coefficient (Wildman–Crippen LogP) is 1.48. The van der Waals surface area contributed by atoms with Crippen molar-refractivity contribution in [3.8, 4) is 0 Å². The molecule has 0 radical (unpaired) electrons. The number of rotatable bonds is 7. The highest BCUT2D eigenvalue weighted by Gasteiger charge is 2.20. The first kappa shape index (κ1) is 13.0. The van der Waals surface area contributed by atoms with E-state index in [1.54, 1.807) is 18.2 Å². The van der Waals surface area contributed by atoms with E-state index in [-0.39, 0.29) is 11.7 Å². The molecule has 2 rings (SSSR count). The van der Waals surface area contributed by atoms with Crippen LogP contribution in [0.1, 0.15) is 18.4 Å². The second kappa shape index (κ2) is 6.50. The molecule has 4 heteroatoms. The third kappa shape index (κ3) is 4.45. The lowest BCUT2D eigenvalue weighted by atomic mass is 10.1. The van der Waals surface area contributed by atoms with Gasteiger partial charge in [-0.05, 0) is 43.4 Å². The Kier molecular flexibility index (Phi) is 4.70. The molecule has 0 atom stereocenters. The van der Waals surface area contributed by atoms with Crippen molar-refractivity contribution in [2.24, 2.45) is 5.92 Å². The van der Waals surface area contributed by atoms with Crippen LogP contribution in [-0.2, 0) is 11.2 Å². The molecule has 0 bridgehead atoms. The summed E-state index contributed by atoms with van der Waals surface area (Å²) in [6.45, 7) is 1.76. The minimum atomic E-state index is -0.210. The lowest BCUT2D eigenvalue weighted by Gasteiger charge is -2.07. The van der Waals surface area contributed by atoms with Gasteiger partial charge in [0.1, 0.15) is 5.82 Å². The van der Waals surface area contributed by atoms with Crippen molar-refractivity contribution in [1.82, 2.24) is 10.6 Å². The van der Waals surface area contributed by atoms with E-state index in [1.807, 2.05) is 0 Å². The summed E-state index contributed by atoms with van der Waals surface area (Å²) in [6, 6.07) is 6.65. The molecule has 98 valence electrons. The largest absolute Gasteiger partial charge is 0.355 e. The summed E-state index contributed by atoms with van der Waals surface area (Å²) >= 11 is 0. The molecular weight excluding hydrogens is 231 g/mol. The Labute approximate surface area is 107 Å². The number of carbonyl (C=O) groups excluding carboxylic acids is 1. The summed E-state index contributed by atoms with van der Waals surface area (Å²) in [5.41, 5.74) is 0.642. The molecule has 0 unspecified atom stereocenters. The molecule has 2 N–H and O–H groups in total. The van der Waals surface area contributed by atoms with Gasteiger partial charge in [0.15, 0.2) is 0 Å². The summed E-state index contributed by atoms with van der Waals surface area (Å²) in [6.07, 6.45) is 3.09. The molecule has 0 saturated heterocycles. The maximum Gasteiger partial charge on any atom is 0.233 e. The van der Waals surface area contributed by atoms with E-state index in [1.165, 1.54) is 18.9 Å². The number of benzene rings is 1. The molecule has 0 spiro atoms. The van der Waals surface area contributed by atoms with Crippen LogP contribution in [0, 0.1) is 11.7 Å². The number of hydrogen-bond acceptors (Lipinski definition) is 2. The van der Waals surface area contributed by atoms with Crippen LogP contribution in [0.5, 0.6) is 0 Å². The second-order valence-corrected chi connectivity index (χ2v) is 4.77. The monoisotopic (exact) mass is 250 g/mol. The summed E-state index contributed by atoms with van der Waals surface area (Å²) in [4.78, 5) is 11.5. The molecule has 1 amide bonds. The first-order chi connectivity index (χ1) is 8.75. The van der Waals surface area contributed by atoms with Crippen molar-refractivity contribution in [1.29, 1.82) is 0 Å². The van der Waals surface area contributed by atoms with Gasteiger partial charge in [-0.1, -0.05) is 18.2 Å². The molecule has 0 aliphatic heterocycles. The third-order valence-corrected chi connectivity index (χ3v) is 3.09. The standard InChI is InChI=1S/C14H19FN2O/c15-13-4-2-1-3-12(13)7-8-17-14(18)10-16-9-11-5-6-11/h1-4,11,16H,5-10H2,(H,17,18). The fourth-order valence-electron chi connectivity index (χ4n) is 1.81. The Morgan fingerprint density at radius 1 is 1.33 bits per heavy atom. The van der Waals surface area contributed by atoms with E-state index in [0.717, 1.165) is 12.5 Å². The van der Waals surface area contributed by atoms with Crippen molar-refractivity contribution >= 4 is 5.91 Å². The van der Waals surface area contributed by atoms with Gasteiger partial charge in [0.25, 0.3) is 0 Å². The highest BCUT2D eigenvalue weighted by atomic mass is 19.1. The Hall–Kier alpha value is -1.42. The van der Waals surface area contributed by atoms with Gasteiger partial charge >= 0.3 is 0 Å². The molecular formula is C14H19FN2O. The van der Waals surface area contributed by atoms with E-state index in [4.69, 9.17) is 0 Å². The average molecular weight is 250 g/mol. The van der Waals surface area contributed by atoms with Gasteiger partial charge < -0.3 is 10.6 Å². The molecule has 0 aromatic heterocycles. The molecule has 18 heavy (non-hydrogen) atoms. The fraction of sp³-hybridized carbons (Fsp3) is 0.500. The molecule has 1 fully saturated rings. The van der Waals surface area contributed by atoms with E-state index >= 15 is 0 Å². The molecule has 1 aliphatic carbocycles. The molecule has 3 nitrogen and oxygen atoms in total. The van der Waals surface area contributed by atoms with Crippen molar-refractivity contribution < 1.29 is 9.18 Å². The zero-order chi connectivity index (χ0) is 12.8. The van der Waals surface area contributed by atoms with E-state index < -0.39 is 0 Å². The van der Waals surface area contributed by atoms with E-state index in [0.29, 0.717) is 25.1 Å². The normalized spacial score (nSPS) is 14.5. The van der Waals surface area contributed by atoms with Crippen LogP contribution in [-0.4, -0.2) is 25.5 Å². The number of hydrogen-bond donors (Lipinski definition) is 2. The van der Waals surface area contributed by atoms with Crippen LogP contribution in [0.3, 0.4) is 0 Å². The van der Waals surface area contributed by atoms with Crippen molar-refractivity contribution in [2.75, 3.05) is 19.6 Å². The molecule has 1 aliphatic rings. The topological polar surface area (TPSA) is 41.1 Å².